The van der Waals surface area contributed by atoms with Crippen molar-refractivity contribution in [2.45, 2.75) is 32.2 Å². The highest BCUT2D eigenvalue weighted by molar-refractivity contribution is 6.00. The normalized spacial score (nSPS) is 20.7. The van der Waals surface area contributed by atoms with Crippen LogP contribution in [0.1, 0.15) is 20.3 Å². The maximum atomic E-state index is 14.0. The molecule has 0 amide bonds. The van der Waals surface area contributed by atoms with Gasteiger partial charge >= 0.3 is 0 Å². The lowest BCUT2D eigenvalue weighted by molar-refractivity contribution is -0.0439. The summed E-state index contributed by atoms with van der Waals surface area (Å²) in [4.78, 5) is 15.8. The Bertz CT molecular complexity index is 862. The standard InChI is InChI=1S/C17H23F2N7O/c1-3-27-15-11-4-6-22-14(11)25-16(26-15)24-12(8-20)10(2)23-13-9-21-7-5-17(13,18)19/h4,6,8,13,21H,3,5,7,9,20H2,1-2H3,(H2,22,24,25,26). The lowest BCUT2D eigenvalue weighted by atomic mass is 10.0. The van der Waals surface area contributed by atoms with Gasteiger partial charge in [0, 0.05) is 31.9 Å². The van der Waals surface area contributed by atoms with Gasteiger partial charge in [-0.25, -0.2) is 8.78 Å². The predicted molar refractivity (Wildman–Crippen MR) is 100 cm³/mol. The van der Waals surface area contributed by atoms with E-state index in [-0.39, 0.29) is 25.5 Å². The maximum absolute atomic E-state index is 14.0. The number of allylic oxidation sites excluding steroid dienone is 1. The number of rotatable bonds is 6. The van der Waals surface area contributed by atoms with E-state index in [1.807, 2.05) is 13.0 Å². The van der Waals surface area contributed by atoms with Crippen LogP contribution in [-0.2, 0) is 0 Å². The molecular weight excluding hydrogens is 356 g/mol. The summed E-state index contributed by atoms with van der Waals surface area (Å²) >= 11 is 0. The van der Waals surface area contributed by atoms with E-state index in [9.17, 15) is 8.78 Å². The predicted octanol–water partition coefficient (Wildman–Crippen LogP) is 2.03. The second kappa shape index (κ2) is 7.87. The van der Waals surface area contributed by atoms with Crippen LogP contribution in [0, 0.1) is 0 Å². The summed E-state index contributed by atoms with van der Waals surface area (Å²) in [5.41, 5.74) is 6.97. The monoisotopic (exact) mass is 379 g/mol. The first kappa shape index (κ1) is 19.0. The van der Waals surface area contributed by atoms with Crippen LogP contribution in [0.4, 0.5) is 14.7 Å². The third kappa shape index (κ3) is 4.16. The van der Waals surface area contributed by atoms with Gasteiger partial charge in [-0.05, 0) is 19.9 Å². The molecule has 8 nitrogen and oxygen atoms in total. The van der Waals surface area contributed by atoms with Crippen LogP contribution >= 0.6 is 0 Å². The van der Waals surface area contributed by atoms with Crippen molar-refractivity contribution in [1.29, 1.82) is 0 Å². The molecule has 0 aromatic carbocycles. The molecule has 2 aromatic rings. The minimum absolute atomic E-state index is 0.113. The molecule has 1 atom stereocenters. The molecule has 146 valence electrons. The number of hydrogen-bond acceptors (Lipinski definition) is 7. The van der Waals surface area contributed by atoms with Gasteiger partial charge in [-0.2, -0.15) is 9.97 Å². The Kier molecular flexibility index (Phi) is 5.54. The molecule has 1 aliphatic rings. The van der Waals surface area contributed by atoms with Crippen molar-refractivity contribution < 1.29 is 13.5 Å². The molecule has 0 spiro atoms. The number of aromatic nitrogens is 3. The smallest absolute Gasteiger partial charge is 0.272 e. The van der Waals surface area contributed by atoms with Gasteiger partial charge in [-0.3, -0.25) is 4.99 Å². The van der Waals surface area contributed by atoms with Crippen LogP contribution in [0.25, 0.3) is 11.0 Å². The first-order chi connectivity index (χ1) is 12.9. The average molecular weight is 379 g/mol. The minimum atomic E-state index is -2.85. The van der Waals surface area contributed by atoms with E-state index in [2.05, 4.69) is 30.6 Å². The largest absolute Gasteiger partial charge is 0.477 e. The third-order valence-electron chi connectivity index (χ3n) is 4.27. The molecule has 1 fully saturated rings. The third-order valence-corrected chi connectivity index (χ3v) is 4.27. The minimum Gasteiger partial charge on any atom is -0.477 e. The Morgan fingerprint density at radius 3 is 3.04 bits per heavy atom. The lowest BCUT2D eigenvalue weighted by Gasteiger charge is -2.29. The quantitative estimate of drug-likeness (QED) is 0.571. The van der Waals surface area contributed by atoms with Crippen molar-refractivity contribution in [2.75, 3.05) is 25.0 Å². The molecule has 1 unspecified atom stereocenters. The molecular formula is C17H23F2N7O. The van der Waals surface area contributed by atoms with Gasteiger partial charge in [-0.1, -0.05) is 0 Å². The molecule has 10 heteroatoms. The lowest BCUT2D eigenvalue weighted by Crippen LogP contribution is -2.48. The number of aliphatic imine (C=N–C) groups is 1. The van der Waals surface area contributed by atoms with Crippen molar-refractivity contribution >= 4 is 22.7 Å². The van der Waals surface area contributed by atoms with Crippen molar-refractivity contribution in [3.8, 4) is 5.88 Å². The van der Waals surface area contributed by atoms with Crippen molar-refractivity contribution in [2.24, 2.45) is 10.7 Å². The second-order valence-corrected chi connectivity index (χ2v) is 6.18. The van der Waals surface area contributed by atoms with Gasteiger partial charge < -0.3 is 26.1 Å². The Balaban J connectivity index is 1.84. The Hall–Kier alpha value is -2.75. The van der Waals surface area contributed by atoms with Gasteiger partial charge in [0.15, 0.2) is 0 Å². The number of alkyl halides is 2. The fourth-order valence-corrected chi connectivity index (χ4v) is 2.84. The molecule has 5 N–H and O–H groups in total. The number of ether oxygens (including phenoxy) is 1. The number of nitrogens with one attached hydrogen (secondary N) is 3. The van der Waals surface area contributed by atoms with Gasteiger partial charge in [0.25, 0.3) is 5.92 Å². The van der Waals surface area contributed by atoms with E-state index in [4.69, 9.17) is 10.5 Å². The van der Waals surface area contributed by atoms with Crippen molar-refractivity contribution in [3.63, 3.8) is 0 Å². The SMILES string of the molecule is CCOc1nc(NC(=CN)C(C)=NC2CNCCC2(F)F)nc2[nH]ccc12. The average Bonchev–Trinajstić information content (AvgIpc) is 3.10. The van der Waals surface area contributed by atoms with E-state index < -0.39 is 12.0 Å². The van der Waals surface area contributed by atoms with Crippen LogP contribution in [0.5, 0.6) is 5.88 Å². The zero-order valence-electron chi connectivity index (χ0n) is 15.2. The summed E-state index contributed by atoms with van der Waals surface area (Å²) in [7, 11) is 0. The fraction of sp³-hybridized carbons (Fsp3) is 0.471. The van der Waals surface area contributed by atoms with Gasteiger partial charge in [0.1, 0.15) is 11.7 Å². The number of aromatic amines is 1. The summed E-state index contributed by atoms with van der Waals surface area (Å²) in [5, 5.41) is 6.63. The summed E-state index contributed by atoms with van der Waals surface area (Å²) in [5.74, 6) is -2.21. The van der Waals surface area contributed by atoms with E-state index in [0.29, 0.717) is 29.5 Å². The summed E-state index contributed by atoms with van der Waals surface area (Å²) in [6.45, 7) is 4.31. The van der Waals surface area contributed by atoms with E-state index in [1.165, 1.54) is 6.20 Å². The Labute approximate surface area is 155 Å². The number of fused-ring (bicyclic) bond motifs is 1. The number of nitrogens with zero attached hydrogens (tertiary/aromatic N) is 3. The van der Waals surface area contributed by atoms with Crippen LogP contribution in [0.2, 0.25) is 0 Å². The van der Waals surface area contributed by atoms with Crippen LogP contribution in [0.3, 0.4) is 0 Å². The highest BCUT2D eigenvalue weighted by Gasteiger charge is 2.41. The first-order valence-corrected chi connectivity index (χ1v) is 8.74. The Morgan fingerprint density at radius 2 is 2.33 bits per heavy atom. The number of H-pyrrole nitrogens is 1. The molecule has 0 aliphatic carbocycles. The topological polar surface area (TPSA) is 113 Å². The van der Waals surface area contributed by atoms with Gasteiger partial charge in [-0.15, -0.1) is 0 Å². The molecule has 1 saturated heterocycles. The molecule has 1 aliphatic heterocycles. The Morgan fingerprint density at radius 1 is 1.52 bits per heavy atom. The fourth-order valence-electron chi connectivity index (χ4n) is 2.84. The van der Waals surface area contributed by atoms with Crippen LogP contribution < -0.4 is 21.1 Å². The van der Waals surface area contributed by atoms with Gasteiger partial charge in [0.2, 0.25) is 11.8 Å². The molecule has 27 heavy (non-hydrogen) atoms. The van der Waals surface area contributed by atoms with Crippen molar-refractivity contribution in [3.05, 3.63) is 24.2 Å². The molecule has 3 heterocycles. The van der Waals surface area contributed by atoms with Crippen LogP contribution in [-0.4, -0.2) is 52.3 Å². The van der Waals surface area contributed by atoms with Crippen molar-refractivity contribution in [1.82, 2.24) is 20.3 Å². The highest BCUT2D eigenvalue weighted by Crippen LogP contribution is 2.28. The number of nitrogens with two attached hydrogens (primary N) is 1. The zero-order chi connectivity index (χ0) is 19.4. The summed E-state index contributed by atoms with van der Waals surface area (Å²) < 4.78 is 33.6. The molecule has 0 bridgehead atoms. The number of halogens is 2. The van der Waals surface area contributed by atoms with Crippen LogP contribution in [0.15, 0.2) is 29.2 Å². The van der Waals surface area contributed by atoms with E-state index in [0.717, 1.165) is 5.39 Å². The molecule has 0 saturated carbocycles. The van der Waals surface area contributed by atoms with E-state index in [1.54, 1.807) is 13.1 Å². The first-order valence-electron chi connectivity index (χ1n) is 8.74. The van der Waals surface area contributed by atoms with E-state index >= 15 is 0 Å². The summed E-state index contributed by atoms with van der Waals surface area (Å²) in [6.07, 6.45) is 2.75. The highest BCUT2D eigenvalue weighted by atomic mass is 19.3. The second-order valence-electron chi connectivity index (χ2n) is 6.18. The number of piperidine rings is 1. The number of hydrogen-bond donors (Lipinski definition) is 4. The molecule has 0 radical (unpaired) electrons. The molecule has 3 rings (SSSR count). The number of anilines is 1. The molecule has 2 aromatic heterocycles. The maximum Gasteiger partial charge on any atom is 0.272 e. The zero-order valence-corrected chi connectivity index (χ0v) is 15.2. The summed E-state index contributed by atoms with van der Waals surface area (Å²) in [6, 6.07) is 0.670. The van der Waals surface area contributed by atoms with Gasteiger partial charge in [0.05, 0.1) is 23.4 Å².